The van der Waals surface area contributed by atoms with Crippen LogP contribution in [-0.4, -0.2) is 42.3 Å². The monoisotopic (exact) mass is 337 g/mol. The van der Waals surface area contributed by atoms with E-state index in [1.165, 1.54) is 12.3 Å². The fourth-order valence-corrected chi connectivity index (χ4v) is 1.72. The highest BCUT2D eigenvalue weighted by Gasteiger charge is 2.22. The molecule has 0 saturated carbocycles. The van der Waals surface area contributed by atoms with Gasteiger partial charge in [0.2, 0.25) is 5.91 Å². The van der Waals surface area contributed by atoms with E-state index in [0.717, 1.165) is 12.4 Å². The van der Waals surface area contributed by atoms with Gasteiger partial charge in [-0.05, 0) is 18.1 Å². The molecule has 0 spiro atoms. The van der Waals surface area contributed by atoms with E-state index < -0.39 is 17.8 Å². The van der Waals surface area contributed by atoms with Gasteiger partial charge in [0, 0.05) is 18.8 Å². The van der Waals surface area contributed by atoms with Crippen LogP contribution in [0, 0.1) is 11.2 Å². The topological polar surface area (TPSA) is 101 Å². The second-order valence-electron chi connectivity index (χ2n) is 4.81. The molecule has 1 atom stereocenters. The number of esters is 1. The van der Waals surface area contributed by atoms with E-state index in [1.807, 2.05) is 0 Å². The largest absolute Gasteiger partial charge is 0.458 e. The van der Waals surface area contributed by atoms with E-state index in [-0.39, 0.29) is 32.1 Å². The van der Waals surface area contributed by atoms with E-state index >= 15 is 0 Å². The van der Waals surface area contributed by atoms with Gasteiger partial charge in [0.05, 0.1) is 19.4 Å². The number of hydrogen-bond acceptors (Lipinski definition) is 6. The van der Waals surface area contributed by atoms with Crippen LogP contribution in [0.15, 0.2) is 31.1 Å². The van der Waals surface area contributed by atoms with Crippen LogP contribution in [-0.2, 0) is 25.7 Å². The first-order chi connectivity index (χ1) is 11.6. The van der Waals surface area contributed by atoms with Gasteiger partial charge in [0.25, 0.3) is 0 Å². The lowest BCUT2D eigenvalue weighted by Gasteiger charge is -2.17. The molecule has 7 nitrogen and oxygen atoms in total. The molecule has 0 aliphatic rings. The molecular weight excluding hydrogens is 317 g/mol. The zero-order valence-electron chi connectivity index (χ0n) is 13.2. The number of amides is 1. The maximum absolute atomic E-state index is 13.0. The van der Waals surface area contributed by atoms with Crippen LogP contribution >= 0.6 is 0 Å². The average molecular weight is 337 g/mol. The Morgan fingerprint density at radius 2 is 2.25 bits per heavy atom. The SMILES string of the molecule is C=CCCC(=O)N[C@@H](COCc1cncc(F)c1)C(=O)OCC=N. The Morgan fingerprint density at radius 3 is 2.92 bits per heavy atom. The third-order valence-electron chi connectivity index (χ3n) is 2.82. The molecule has 0 aliphatic carbocycles. The molecule has 0 unspecified atom stereocenters. The number of halogens is 1. The van der Waals surface area contributed by atoms with Crippen molar-refractivity contribution in [2.24, 2.45) is 0 Å². The molecular formula is C16H20FN3O4. The van der Waals surface area contributed by atoms with E-state index in [2.05, 4.69) is 16.9 Å². The fraction of sp³-hybridized carbons (Fsp3) is 0.375. The van der Waals surface area contributed by atoms with Crippen LogP contribution in [0.2, 0.25) is 0 Å². The highest BCUT2D eigenvalue weighted by atomic mass is 19.1. The maximum atomic E-state index is 13.0. The van der Waals surface area contributed by atoms with Crippen molar-refractivity contribution >= 4 is 18.1 Å². The summed E-state index contributed by atoms with van der Waals surface area (Å²) in [5.41, 5.74) is 0.500. The first-order valence-corrected chi connectivity index (χ1v) is 7.29. The number of hydrogen-bond donors (Lipinski definition) is 2. The summed E-state index contributed by atoms with van der Waals surface area (Å²) in [6, 6.07) is 0.252. The van der Waals surface area contributed by atoms with Crippen molar-refractivity contribution in [1.29, 1.82) is 5.41 Å². The summed E-state index contributed by atoms with van der Waals surface area (Å²) < 4.78 is 23.2. The van der Waals surface area contributed by atoms with Crippen LogP contribution < -0.4 is 5.32 Å². The molecule has 1 amide bonds. The Hall–Kier alpha value is -2.61. The van der Waals surface area contributed by atoms with E-state index in [9.17, 15) is 14.0 Å². The second-order valence-corrected chi connectivity index (χ2v) is 4.81. The molecule has 8 heteroatoms. The quantitative estimate of drug-likeness (QED) is 0.361. The Bertz CT molecular complexity index is 580. The predicted molar refractivity (Wildman–Crippen MR) is 85.0 cm³/mol. The molecule has 0 bridgehead atoms. The number of carbonyl (C=O) groups is 2. The summed E-state index contributed by atoms with van der Waals surface area (Å²) in [4.78, 5) is 27.3. The summed E-state index contributed by atoms with van der Waals surface area (Å²) in [5.74, 6) is -1.54. The Morgan fingerprint density at radius 1 is 1.46 bits per heavy atom. The molecule has 0 aromatic carbocycles. The number of allylic oxidation sites excluding steroid dienone is 1. The lowest BCUT2D eigenvalue weighted by molar-refractivity contribution is -0.148. The summed E-state index contributed by atoms with van der Waals surface area (Å²) in [7, 11) is 0. The zero-order chi connectivity index (χ0) is 17.8. The van der Waals surface area contributed by atoms with Gasteiger partial charge in [-0.25, -0.2) is 9.18 Å². The van der Waals surface area contributed by atoms with Crippen molar-refractivity contribution < 1.29 is 23.5 Å². The van der Waals surface area contributed by atoms with Gasteiger partial charge in [0.1, 0.15) is 12.4 Å². The molecule has 2 N–H and O–H groups in total. The lowest BCUT2D eigenvalue weighted by Crippen LogP contribution is -2.45. The van der Waals surface area contributed by atoms with Crippen LogP contribution in [0.25, 0.3) is 0 Å². The number of rotatable bonds is 11. The Labute approximate surface area is 139 Å². The van der Waals surface area contributed by atoms with Gasteiger partial charge in [-0.2, -0.15) is 0 Å². The third kappa shape index (κ3) is 7.59. The maximum Gasteiger partial charge on any atom is 0.331 e. The number of carbonyl (C=O) groups excluding carboxylic acids is 2. The molecule has 0 aliphatic heterocycles. The van der Waals surface area contributed by atoms with Gasteiger partial charge in [-0.15, -0.1) is 6.58 Å². The van der Waals surface area contributed by atoms with Crippen molar-refractivity contribution in [1.82, 2.24) is 10.3 Å². The molecule has 0 radical (unpaired) electrons. The number of pyridine rings is 1. The molecule has 1 rings (SSSR count). The average Bonchev–Trinajstić information content (AvgIpc) is 2.57. The van der Waals surface area contributed by atoms with E-state index in [0.29, 0.717) is 12.0 Å². The van der Waals surface area contributed by atoms with Crippen LogP contribution in [0.5, 0.6) is 0 Å². The number of ether oxygens (including phenoxy) is 2. The third-order valence-corrected chi connectivity index (χ3v) is 2.82. The standard InChI is InChI=1S/C16H20FN3O4/c1-2-3-4-15(21)20-14(16(22)24-6-5-18)11-23-10-12-7-13(17)9-19-8-12/h2,5,7-9,14,18H,1,3-4,6,10-11H2,(H,20,21)/t14-/m0/s1. The van der Waals surface area contributed by atoms with Crippen molar-refractivity contribution in [3.05, 3.63) is 42.5 Å². The molecule has 1 aromatic rings. The highest BCUT2D eigenvalue weighted by molar-refractivity contribution is 5.85. The van der Waals surface area contributed by atoms with Crippen molar-refractivity contribution in [2.45, 2.75) is 25.5 Å². The second kappa shape index (κ2) is 11.0. The lowest BCUT2D eigenvalue weighted by atomic mass is 10.2. The Balaban J connectivity index is 2.56. The van der Waals surface area contributed by atoms with Gasteiger partial charge >= 0.3 is 5.97 Å². The van der Waals surface area contributed by atoms with Gasteiger partial charge in [0.15, 0.2) is 6.04 Å². The summed E-state index contributed by atoms with van der Waals surface area (Å²) in [5, 5.41) is 9.37. The molecule has 130 valence electrons. The zero-order valence-corrected chi connectivity index (χ0v) is 13.2. The number of aromatic nitrogens is 1. The molecule has 0 fully saturated rings. The van der Waals surface area contributed by atoms with Crippen LogP contribution in [0.1, 0.15) is 18.4 Å². The van der Waals surface area contributed by atoms with Crippen molar-refractivity contribution in [2.75, 3.05) is 13.2 Å². The normalized spacial score (nSPS) is 11.4. The Kier molecular flexibility index (Phi) is 8.91. The van der Waals surface area contributed by atoms with E-state index in [4.69, 9.17) is 14.9 Å². The van der Waals surface area contributed by atoms with Crippen LogP contribution in [0.3, 0.4) is 0 Å². The fourth-order valence-electron chi connectivity index (χ4n) is 1.72. The van der Waals surface area contributed by atoms with Gasteiger partial charge in [-0.1, -0.05) is 6.08 Å². The number of nitrogens with one attached hydrogen (secondary N) is 2. The highest BCUT2D eigenvalue weighted by Crippen LogP contribution is 2.04. The van der Waals surface area contributed by atoms with E-state index in [1.54, 1.807) is 6.08 Å². The van der Waals surface area contributed by atoms with Crippen molar-refractivity contribution in [3.63, 3.8) is 0 Å². The first-order valence-electron chi connectivity index (χ1n) is 7.29. The molecule has 1 aromatic heterocycles. The minimum absolute atomic E-state index is 0.0294. The van der Waals surface area contributed by atoms with Gasteiger partial charge < -0.3 is 20.2 Å². The smallest absolute Gasteiger partial charge is 0.331 e. The first kappa shape index (κ1) is 19.4. The summed E-state index contributed by atoms with van der Waals surface area (Å²) >= 11 is 0. The minimum Gasteiger partial charge on any atom is -0.458 e. The minimum atomic E-state index is -1.01. The summed E-state index contributed by atoms with van der Waals surface area (Å²) in [6.45, 7) is 3.21. The van der Waals surface area contributed by atoms with Crippen molar-refractivity contribution in [3.8, 4) is 0 Å². The van der Waals surface area contributed by atoms with Gasteiger partial charge in [-0.3, -0.25) is 9.78 Å². The molecule has 0 saturated heterocycles. The summed E-state index contributed by atoms with van der Waals surface area (Å²) in [6.07, 6.45) is 5.69. The van der Waals surface area contributed by atoms with Crippen LogP contribution in [0.4, 0.5) is 4.39 Å². The molecule has 1 heterocycles. The number of nitrogens with zero attached hydrogens (tertiary/aromatic N) is 1. The molecule has 24 heavy (non-hydrogen) atoms. The predicted octanol–water partition coefficient (Wildman–Crippen LogP) is 1.38.